The maximum absolute atomic E-state index is 5.31. The minimum atomic E-state index is 0.429. The van der Waals surface area contributed by atoms with Crippen molar-refractivity contribution in [1.82, 2.24) is 0 Å². The Balaban J connectivity index is 1.93. The molecule has 46 valence electrons. The predicted octanol–water partition coefficient (Wildman–Crippen LogP) is 0.563. The predicted molar refractivity (Wildman–Crippen MR) is 28.7 cm³/mol. The summed E-state index contributed by atoms with van der Waals surface area (Å²) in [6.45, 7) is 2.92. The Kier molecular flexibility index (Phi) is 0.866. The lowest BCUT2D eigenvalue weighted by molar-refractivity contribution is 0.0425. The largest absolute Gasteiger partial charge is 0.376 e. The Bertz CT molecular complexity index is 103. The van der Waals surface area contributed by atoms with Crippen molar-refractivity contribution in [3.8, 4) is 0 Å². The van der Waals surface area contributed by atoms with Gasteiger partial charge in [0.25, 0.3) is 0 Å². The molecule has 2 aliphatic heterocycles. The van der Waals surface area contributed by atoms with Crippen LogP contribution in [0.3, 0.4) is 0 Å². The third-order valence-electron chi connectivity index (χ3n) is 1.80. The average Bonchev–Trinajstić information content (AvgIpc) is 2.43. The van der Waals surface area contributed by atoms with Gasteiger partial charge >= 0.3 is 0 Å². The molecular formula is C6H10O2. The minimum absolute atomic E-state index is 0.429. The highest BCUT2D eigenvalue weighted by Crippen LogP contribution is 2.31. The zero-order chi connectivity index (χ0) is 5.56. The zero-order valence-corrected chi connectivity index (χ0v) is 4.96. The van der Waals surface area contributed by atoms with Crippen LogP contribution in [0.2, 0.25) is 0 Å². The van der Waals surface area contributed by atoms with Crippen molar-refractivity contribution >= 4 is 0 Å². The first-order chi connectivity index (χ1) is 3.86. The molecule has 0 aliphatic carbocycles. The van der Waals surface area contributed by atoms with Gasteiger partial charge in [-0.05, 0) is 6.92 Å². The lowest BCUT2D eigenvalue weighted by Crippen LogP contribution is -2.21. The van der Waals surface area contributed by atoms with Gasteiger partial charge in [0.05, 0.1) is 18.8 Å². The summed E-state index contributed by atoms with van der Waals surface area (Å²) in [6.07, 6.45) is 2.55. The summed E-state index contributed by atoms with van der Waals surface area (Å²) in [5.74, 6) is 0. The van der Waals surface area contributed by atoms with E-state index in [0.29, 0.717) is 18.3 Å². The van der Waals surface area contributed by atoms with Crippen LogP contribution in [0, 0.1) is 0 Å². The van der Waals surface area contributed by atoms with E-state index >= 15 is 0 Å². The quantitative estimate of drug-likeness (QED) is 0.429. The van der Waals surface area contributed by atoms with Gasteiger partial charge in [-0.3, -0.25) is 0 Å². The van der Waals surface area contributed by atoms with Crippen LogP contribution in [0.4, 0.5) is 0 Å². The van der Waals surface area contributed by atoms with Crippen molar-refractivity contribution < 1.29 is 9.47 Å². The number of ether oxygens (including phenoxy) is 2. The summed E-state index contributed by atoms with van der Waals surface area (Å²) in [7, 11) is 0. The molecule has 8 heavy (non-hydrogen) atoms. The van der Waals surface area contributed by atoms with E-state index in [1.807, 2.05) is 0 Å². The molecular weight excluding hydrogens is 104 g/mol. The summed E-state index contributed by atoms with van der Waals surface area (Å²) in [6, 6.07) is 0. The molecule has 0 saturated carbocycles. The van der Waals surface area contributed by atoms with Gasteiger partial charge in [-0.15, -0.1) is 0 Å². The maximum atomic E-state index is 5.31. The Morgan fingerprint density at radius 2 is 2.25 bits per heavy atom. The van der Waals surface area contributed by atoms with Crippen molar-refractivity contribution in [2.45, 2.75) is 31.7 Å². The van der Waals surface area contributed by atoms with Gasteiger partial charge in [0.1, 0.15) is 6.10 Å². The van der Waals surface area contributed by atoms with E-state index in [1.165, 1.54) is 0 Å². The average molecular weight is 114 g/mol. The van der Waals surface area contributed by atoms with Crippen molar-refractivity contribution in [3.05, 3.63) is 0 Å². The van der Waals surface area contributed by atoms with Crippen molar-refractivity contribution in [3.63, 3.8) is 0 Å². The van der Waals surface area contributed by atoms with E-state index in [2.05, 4.69) is 6.92 Å². The lowest BCUT2D eigenvalue weighted by Gasteiger charge is -2.13. The molecule has 2 aliphatic rings. The molecule has 0 bridgehead atoms. The molecule has 0 amide bonds. The van der Waals surface area contributed by atoms with Crippen molar-refractivity contribution in [1.29, 1.82) is 0 Å². The number of rotatable bonds is 0. The van der Waals surface area contributed by atoms with E-state index in [1.54, 1.807) is 0 Å². The second kappa shape index (κ2) is 1.45. The Morgan fingerprint density at radius 1 is 1.38 bits per heavy atom. The van der Waals surface area contributed by atoms with Gasteiger partial charge in [-0.25, -0.2) is 0 Å². The Morgan fingerprint density at radius 3 is 2.88 bits per heavy atom. The van der Waals surface area contributed by atoms with Gasteiger partial charge in [0.2, 0.25) is 0 Å². The molecule has 2 heterocycles. The Labute approximate surface area is 48.8 Å². The third kappa shape index (κ3) is 0.644. The first kappa shape index (κ1) is 4.77. The molecule has 0 aromatic carbocycles. The second-order valence-corrected chi connectivity index (χ2v) is 2.59. The monoisotopic (exact) mass is 114 g/mol. The van der Waals surface area contributed by atoms with Crippen molar-refractivity contribution in [2.24, 2.45) is 0 Å². The van der Waals surface area contributed by atoms with E-state index in [0.717, 1.165) is 13.0 Å². The second-order valence-electron chi connectivity index (χ2n) is 2.59. The molecule has 2 saturated heterocycles. The molecule has 2 nitrogen and oxygen atoms in total. The first-order valence-corrected chi connectivity index (χ1v) is 3.13. The van der Waals surface area contributed by atoms with Crippen LogP contribution < -0.4 is 0 Å². The van der Waals surface area contributed by atoms with Crippen LogP contribution in [0.15, 0.2) is 0 Å². The van der Waals surface area contributed by atoms with Gasteiger partial charge in [0.15, 0.2) is 0 Å². The fraction of sp³-hybridized carbons (Fsp3) is 1.00. The number of hydrogen-bond acceptors (Lipinski definition) is 2. The molecule has 2 fully saturated rings. The fourth-order valence-electron chi connectivity index (χ4n) is 1.19. The number of hydrogen-bond donors (Lipinski definition) is 0. The highest BCUT2D eigenvalue weighted by atomic mass is 16.6. The van der Waals surface area contributed by atoms with Gasteiger partial charge in [-0.2, -0.15) is 0 Å². The summed E-state index contributed by atoms with van der Waals surface area (Å²) >= 11 is 0. The zero-order valence-electron chi connectivity index (χ0n) is 4.96. The molecule has 2 rings (SSSR count). The molecule has 0 aromatic heterocycles. The summed E-state index contributed by atoms with van der Waals surface area (Å²) in [5, 5.41) is 0. The first-order valence-electron chi connectivity index (χ1n) is 3.13. The summed E-state index contributed by atoms with van der Waals surface area (Å²) in [5.41, 5.74) is 0. The minimum Gasteiger partial charge on any atom is -0.376 e. The van der Waals surface area contributed by atoms with E-state index in [9.17, 15) is 0 Å². The summed E-state index contributed by atoms with van der Waals surface area (Å²) < 4.78 is 10.5. The SMILES string of the molecule is C[C@@H]1C[C@@H]2O[C@H]2CO1. The smallest absolute Gasteiger partial charge is 0.108 e. The van der Waals surface area contributed by atoms with E-state index in [4.69, 9.17) is 9.47 Å². The summed E-state index contributed by atoms with van der Waals surface area (Å²) in [4.78, 5) is 0. The molecule has 0 aromatic rings. The lowest BCUT2D eigenvalue weighted by atomic mass is 10.1. The fourth-order valence-corrected chi connectivity index (χ4v) is 1.19. The van der Waals surface area contributed by atoms with Crippen LogP contribution in [0.5, 0.6) is 0 Å². The van der Waals surface area contributed by atoms with E-state index < -0.39 is 0 Å². The topological polar surface area (TPSA) is 21.8 Å². The molecule has 2 heteroatoms. The van der Waals surface area contributed by atoms with E-state index in [-0.39, 0.29) is 0 Å². The molecule has 0 N–H and O–H groups in total. The highest BCUT2D eigenvalue weighted by molar-refractivity contribution is 4.89. The maximum Gasteiger partial charge on any atom is 0.108 e. The van der Waals surface area contributed by atoms with Crippen molar-refractivity contribution in [2.75, 3.05) is 6.61 Å². The Hall–Kier alpha value is -0.0800. The normalized spacial score (nSPS) is 52.9. The highest BCUT2D eigenvalue weighted by Gasteiger charge is 2.43. The van der Waals surface area contributed by atoms with Crippen LogP contribution in [0.1, 0.15) is 13.3 Å². The van der Waals surface area contributed by atoms with Crippen LogP contribution in [-0.2, 0) is 9.47 Å². The molecule has 0 unspecified atom stereocenters. The van der Waals surface area contributed by atoms with Crippen LogP contribution >= 0.6 is 0 Å². The number of epoxide rings is 1. The van der Waals surface area contributed by atoms with Gasteiger partial charge in [-0.1, -0.05) is 0 Å². The van der Waals surface area contributed by atoms with Gasteiger partial charge < -0.3 is 9.47 Å². The number of fused-ring (bicyclic) bond motifs is 1. The van der Waals surface area contributed by atoms with Crippen LogP contribution in [-0.4, -0.2) is 24.9 Å². The van der Waals surface area contributed by atoms with Crippen LogP contribution in [0.25, 0.3) is 0 Å². The molecule has 0 radical (unpaired) electrons. The molecule has 3 atom stereocenters. The molecule has 0 spiro atoms. The standard InChI is InChI=1S/C6H10O2/c1-4-2-5-6(8-5)3-7-4/h4-6H,2-3H2,1H3/t4-,5+,6+/m1/s1. The third-order valence-corrected chi connectivity index (χ3v) is 1.80. The van der Waals surface area contributed by atoms with Gasteiger partial charge in [0, 0.05) is 6.42 Å².